The number of nitrogens with one attached hydrogen (secondary N) is 1. The molecule has 0 aromatic heterocycles. The number of aliphatic hydroxyl groups excluding tert-OH is 1. The van der Waals surface area contributed by atoms with Gasteiger partial charge in [0.05, 0.1) is 6.10 Å². The van der Waals surface area contributed by atoms with E-state index >= 15 is 0 Å². The highest BCUT2D eigenvalue weighted by molar-refractivity contribution is 5.44. The molecule has 3 atom stereocenters. The Kier molecular flexibility index (Phi) is 4.66. The number of fused-ring (bicyclic) bond motifs is 1. The molecule has 1 saturated carbocycles. The lowest BCUT2D eigenvalue weighted by molar-refractivity contribution is 0.162. The molecule has 116 valence electrons. The van der Waals surface area contributed by atoms with E-state index in [2.05, 4.69) is 12.2 Å². The molecule has 3 rings (SSSR count). The van der Waals surface area contributed by atoms with Gasteiger partial charge in [-0.15, -0.1) is 0 Å². The Bertz CT molecular complexity index is 477. The molecule has 0 spiro atoms. The first kappa shape index (κ1) is 14.7. The zero-order chi connectivity index (χ0) is 14.7. The van der Waals surface area contributed by atoms with Crippen LogP contribution in [-0.4, -0.2) is 31.4 Å². The van der Waals surface area contributed by atoms with E-state index in [0.29, 0.717) is 19.8 Å². The highest BCUT2D eigenvalue weighted by Gasteiger charge is 2.23. The molecule has 1 heterocycles. The van der Waals surface area contributed by atoms with Crippen molar-refractivity contribution in [1.29, 1.82) is 0 Å². The van der Waals surface area contributed by atoms with Crippen LogP contribution in [0.4, 0.5) is 0 Å². The molecule has 4 nitrogen and oxygen atoms in total. The minimum Gasteiger partial charge on any atom is -0.486 e. The number of benzene rings is 1. The van der Waals surface area contributed by atoms with Crippen LogP contribution in [0.5, 0.6) is 11.5 Å². The molecular formula is C17H25NO3. The zero-order valence-corrected chi connectivity index (χ0v) is 12.7. The summed E-state index contributed by atoms with van der Waals surface area (Å²) in [5, 5.41) is 13.7. The fourth-order valence-electron chi connectivity index (χ4n) is 3.32. The van der Waals surface area contributed by atoms with E-state index in [1.807, 2.05) is 18.2 Å². The standard InChI is InChI=1S/C17H25NO3/c1-12-3-2-4-14(12)10-18-11-15(19)13-5-6-16-17(9-13)21-8-7-20-16/h5-6,9,12,14-15,18-19H,2-4,7-8,10-11H2,1H3. The number of rotatable bonds is 5. The normalized spacial score (nSPS) is 25.8. The number of aliphatic hydroxyl groups is 1. The van der Waals surface area contributed by atoms with E-state index in [1.165, 1.54) is 19.3 Å². The third-order valence-corrected chi connectivity index (χ3v) is 4.73. The topological polar surface area (TPSA) is 50.7 Å². The van der Waals surface area contributed by atoms with Crippen LogP contribution in [0, 0.1) is 11.8 Å². The lowest BCUT2D eigenvalue weighted by Crippen LogP contribution is -2.28. The SMILES string of the molecule is CC1CCCC1CNCC(O)c1ccc2c(c1)OCCO2. The van der Waals surface area contributed by atoms with Crippen LogP contribution in [-0.2, 0) is 0 Å². The van der Waals surface area contributed by atoms with Crippen LogP contribution in [0.3, 0.4) is 0 Å². The average Bonchev–Trinajstić information content (AvgIpc) is 2.92. The number of ether oxygens (including phenoxy) is 2. The van der Waals surface area contributed by atoms with Crippen molar-refractivity contribution in [2.24, 2.45) is 11.8 Å². The maximum Gasteiger partial charge on any atom is 0.161 e. The van der Waals surface area contributed by atoms with Crippen LogP contribution in [0.25, 0.3) is 0 Å². The second-order valence-corrected chi connectivity index (χ2v) is 6.25. The highest BCUT2D eigenvalue weighted by Crippen LogP contribution is 2.33. The molecule has 1 aromatic rings. The summed E-state index contributed by atoms with van der Waals surface area (Å²) < 4.78 is 11.1. The summed E-state index contributed by atoms with van der Waals surface area (Å²) in [7, 11) is 0. The lowest BCUT2D eigenvalue weighted by Gasteiger charge is -2.21. The van der Waals surface area contributed by atoms with E-state index < -0.39 is 6.10 Å². The first-order valence-corrected chi connectivity index (χ1v) is 8.02. The Morgan fingerprint density at radius 1 is 1.24 bits per heavy atom. The Balaban J connectivity index is 1.52. The predicted molar refractivity (Wildman–Crippen MR) is 81.8 cm³/mol. The molecule has 2 N–H and O–H groups in total. The Labute approximate surface area is 126 Å². The van der Waals surface area contributed by atoms with Gasteiger partial charge in [-0.2, -0.15) is 0 Å². The smallest absolute Gasteiger partial charge is 0.161 e. The maximum atomic E-state index is 10.3. The van der Waals surface area contributed by atoms with Crippen LogP contribution in [0.15, 0.2) is 18.2 Å². The average molecular weight is 291 g/mol. The summed E-state index contributed by atoms with van der Waals surface area (Å²) in [6.07, 6.45) is 3.50. The molecule has 21 heavy (non-hydrogen) atoms. The van der Waals surface area contributed by atoms with Gasteiger partial charge in [0.15, 0.2) is 11.5 Å². The fourth-order valence-corrected chi connectivity index (χ4v) is 3.32. The third kappa shape index (κ3) is 3.50. The number of hydrogen-bond donors (Lipinski definition) is 2. The molecular weight excluding hydrogens is 266 g/mol. The molecule has 0 saturated heterocycles. The summed E-state index contributed by atoms with van der Waals surface area (Å²) >= 11 is 0. The molecule has 1 aliphatic carbocycles. The Morgan fingerprint density at radius 3 is 2.81 bits per heavy atom. The third-order valence-electron chi connectivity index (χ3n) is 4.73. The van der Waals surface area contributed by atoms with Gasteiger partial charge < -0.3 is 19.9 Å². The monoisotopic (exact) mass is 291 g/mol. The van der Waals surface area contributed by atoms with E-state index in [9.17, 15) is 5.11 Å². The molecule has 1 aromatic carbocycles. The van der Waals surface area contributed by atoms with Crippen molar-refractivity contribution in [1.82, 2.24) is 5.32 Å². The second-order valence-electron chi connectivity index (χ2n) is 6.25. The van der Waals surface area contributed by atoms with Crippen molar-refractivity contribution in [2.75, 3.05) is 26.3 Å². The van der Waals surface area contributed by atoms with Crippen LogP contribution in [0.1, 0.15) is 37.9 Å². The molecule has 2 aliphatic rings. The first-order chi connectivity index (χ1) is 10.2. The predicted octanol–water partition coefficient (Wildman–Crippen LogP) is 2.52. The number of hydrogen-bond acceptors (Lipinski definition) is 4. The lowest BCUT2D eigenvalue weighted by atomic mass is 9.98. The van der Waals surface area contributed by atoms with Gasteiger partial charge in [-0.1, -0.05) is 25.8 Å². The van der Waals surface area contributed by atoms with Crippen molar-refractivity contribution < 1.29 is 14.6 Å². The Hall–Kier alpha value is -1.26. The fraction of sp³-hybridized carbons (Fsp3) is 0.647. The van der Waals surface area contributed by atoms with Gasteiger partial charge >= 0.3 is 0 Å². The molecule has 1 aliphatic heterocycles. The molecule has 1 fully saturated rings. The zero-order valence-electron chi connectivity index (χ0n) is 12.7. The van der Waals surface area contributed by atoms with Gasteiger partial charge in [-0.05, 0) is 42.5 Å². The minimum absolute atomic E-state index is 0.502. The van der Waals surface area contributed by atoms with E-state index in [4.69, 9.17) is 9.47 Å². The second kappa shape index (κ2) is 6.67. The van der Waals surface area contributed by atoms with E-state index in [1.54, 1.807) is 0 Å². The van der Waals surface area contributed by atoms with Crippen LogP contribution in [0.2, 0.25) is 0 Å². The van der Waals surface area contributed by atoms with Crippen molar-refractivity contribution in [2.45, 2.75) is 32.3 Å². The van der Waals surface area contributed by atoms with Crippen molar-refractivity contribution in [3.63, 3.8) is 0 Å². The molecule has 0 bridgehead atoms. The van der Waals surface area contributed by atoms with Crippen LogP contribution >= 0.6 is 0 Å². The van der Waals surface area contributed by atoms with E-state index in [0.717, 1.165) is 35.4 Å². The van der Waals surface area contributed by atoms with Gasteiger partial charge in [-0.25, -0.2) is 0 Å². The summed E-state index contributed by atoms with van der Waals surface area (Å²) in [4.78, 5) is 0. The quantitative estimate of drug-likeness (QED) is 0.875. The highest BCUT2D eigenvalue weighted by atomic mass is 16.6. The molecule has 0 amide bonds. The maximum absolute atomic E-state index is 10.3. The van der Waals surface area contributed by atoms with Gasteiger partial charge in [0.25, 0.3) is 0 Å². The van der Waals surface area contributed by atoms with Gasteiger partial charge in [-0.3, -0.25) is 0 Å². The van der Waals surface area contributed by atoms with E-state index in [-0.39, 0.29) is 0 Å². The van der Waals surface area contributed by atoms with Crippen molar-refractivity contribution >= 4 is 0 Å². The van der Waals surface area contributed by atoms with Gasteiger partial charge in [0.2, 0.25) is 0 Å². The minimum atomic E-state index is -0.502. The Morgan fingerprint density at radius 2 is 2.05 bits per heavy atom. The van der Waals surface area contributed by atoms with Gasteiger partial charge in [0, 0.05) is 6.54 Å². The first-order valence-electron chi connectivity index (χ1n) is 8.02. The largest absolute Gasteiger partial charge is 0.486 e. The summed E-state index contributed by atoms with van der Waals surface area (Å²) in [6.45, 7) is 5.09. The summed E-state index contributed by atoms with van der Waals surface area (Å²) in [5.74, 6) is 3.08. The van der Waals surface area contributed by atoms with Crippen LogP contribution < -0.4 is 14.8 Å². The molecule has 0 radical (unpaired) electrons. The summed E-state index contributed by atoms with van der Waals surface area (Å²) in [5.41, 5.74) is 0.881. The van der Waals surface area contributed by atoms with Crippen molar-refractivity contribution in [3.8, 4) is 11.5 Å². The summed E-state index contributed by atoms with van der Waals surface area (Å²) in [6, 6.07) is 5.68. The molecule has 3 unspecified atom stereocenters. The van der Waals surface area contributed by atoms with Crippen molar-refractivity contribution in [3.05, 3.63) is 23.8 Å². The van der Waals surface area contributed by atoms with Gasteiger partial charge in [0.1, 0.15) is 13.2 Å². The molecule has 4 heteroatoms.